The van der Waals surface area contributed by atoms with E-state index in [9.17, 15) is 4.79 Å². The number of carbonyl (C=O) groups is 1. The van der Waals surface area contributed by atoms with Crippen molar-refractivity contribution in [2.24, 2.45) is 0 Å². The molecule has 0 aromatic heterocycles. The number of rotatable bonds is 1. The summed E-state index contributed by atoms with van der Waals surface area (Å²) in [4.78, 5) is 10.9. The van der Waals surface area contributed by atoms with E-state index in [0.29, 0.717) is 0 Å². The van der Waals surface area contributed by atoms with Gasteiger partial charge in [-0.25, -0.2) is 0 Å². The predicted octanol–water partition coefficient (Wildman–Crippen LogP) is 3.06. The van der Waals surface area contributed by atoms with E-state index in [4.69, 9.17) is 0 Å². The molecule has 0 atom stereocenters. The summed E-state index contributed by atoms with van der Waals surface area (Å²) < 4.78 is 0. The van der Waals surface area contributed by atoms with Crippen molar-refractivity contribution in [1.29, 1.82) is 0 Å². The summed E-state index contributed by atoms with van der Waals surface area (Å²) in [6.45, 7) is 1.47. The third kappa shape index (κ3) is 6.28. The number of amides is 1. The lowest BCUT2D eigenvalue weighted by Gasteiger charge is -2.00. The van der Waals surface area contributed by atoms with Gasteiger partial charge in [-0.3, -0.25) is 4.79 Å². The van der Waals surface area contributed by atoms with Gasteiger partial charge in [0, 0.05) is 23.7 Å². The normalized spacial score (nSPS) is 7.88. The van der Waals surface area contributed by atoms with Crippen molar-refractivity contribution in [3.05, 3.63) is 65.7 Å². The molecule has 0 bridgehead atoms. The molecule has 0 radical (unpaired) electrons. The first-order valence-corrected chi connectivity index (χ1v) is 7.19. The van der Waals surface area contributed by atoms with E-state index in [1.165, 1.54) is 6.92 Å². The quantitative estimate of drug-likeness (QED) is 0.806. The summed E-state index contributed by atoms with van der Waals surface area (Å²) in [5.74, 6) is 21.8. The SMILES string of the molecule is CC(=O)Nc1ccc(C#CC#CC#CC#Cc2ccccc2)cc1. The lowest BCUT2D eigenvalue weighted by atomic mass is 10.2. The molecule has 0 spiro atoms. The second kappa shape index (κ2) is 9.23. The molecular formula is C22H13NO. The number of hydrogen-bond acceptors (Lipinski definition) is 1. The van der Waals surface area contributed by atoms with E-state index >= 15 is 0 Å². The summed E-state index contributed by atoms with van der Waals surface area (Å²) in [6, 6.07) is 16.8. The molecule has 2 rings (SSSR count). The highest BCUT2D eigenvalue weighted by atomic mass is 16.1. The molecule has 0 aliphatic carbocycles. The van der Waals surface area contributed by atoms with Gasteiger partial charge in [-0.1, -0.05) is 30.0 Å². The maximum absolute atomic E-state index is 10.9. The summed E-state index contributed by atoms with van der Waals surface area (Å²) in [7, 11) is 0. The second-order valence-electron chi connectivity index (χ2n) is 4.62. The molecular weight excluding hydrogens is 294 g/mol. The molecule has 2 aromatic carbocycles. The molecule has 0 saturated carbocycles. The van der Waals surface area contributed by atoms with Gasteiger partial charge in [0.15, 0.2) is 0 Å². The van der Waals surface area contributed by atoms with E-state index in [2.05, 4.69) is 52.7 Å². The third-order valence-corrected chi connectivity index (χ3v) is 2.71. The second-order valence-corrected chi connectivity index (χ2v) is 4.62. The van der Waals surface area contributed by atoms with Crippen LogP contribution in [-0.4, -0.2) is 5.91 Å². The van der Waals surface area contributed by atoms with Gasteiger partial charge in [0.1, 0.15) is 0 Å². The van der Waals surface area contributed by atoms with Crippen LogP contribution in [0.15, 0.2) is 54.6 Å². The first kappa shape index (κ1) is 16.5. The summed E-state index contributed by atoms with van der Waals surface area (Å²) in [5, 5.41) is 2.69. The number of nitrogens with one attached hydrogen (secondary N) is 1. The van der Waals surface area contributed by atoms with Gasteiger partial charge in [-0.15, -0.1) is 0 Å². The molecule has 2 nitrogen and oxygen atoms in total. The Morgan fingerprint density at radius 1 is 0.708 bits per heavy atom. The number of anilines is 1. The fourth-order valence-electron chi connectivity index (χ4n) is 1.69. The lowest BCUT2D eigenvalue weighted by molar-refractivity contribution is -0.114. The molecule has 24 heavy (non-hydrogen) atoms. The highest BCUT2D eigenvalue weighted by molar-refractivity contribution is 5.88. The molecule has 0 heterocycles. The first-order valence-electron chi connectivity index (χ1n) is 7.19. The molecule has 2 heteroatoms. The van der Waals surface area contributed by atoms with Crippen molar-refractivity contribution in [2.75, 3.05) is 5.32 Å². The highest BCUT2D eigenvalue weighted by Crippen LogP contribution is 2.08. The van der Waals surface area contributed by atoms with Crippen LogP contribution in [-0.2, 0) is 4.79 Å². The van der Waals surface area contributed by atoms with Crippen LogP contribution in [0.3, 0.4) is 0 Å². The fourth-order valence-corrected chi connectivity index (χ4v) is 1.69. The number of hydrogen-bond donors (Lipinski definition) is 1. The van der Waals surface area contributed by atoms with Crippen LogP contribution in [0.4, 0.5) is 5.69 Å². The van der Waals surface area contributed by atoms with Gasteiger partial charge < -0.3 is 5.32 Å². The Bertz CT molecular complexity index is 955. The maximum atomic E-state index is 10.9. The Morgan fingerprint density at radius 2 is 1.21 bits per heavy atom. The van der Waals surface area contributed by atoms with Gasteiger partial charge in [-0.05, 0) is 71.9 Å². The summed E-state index contributed by atoms with van der Waals surface area (Å²) >= 11 is 0. The minimum Gasteiger partial charge on any atom is -0.326 e. The molecule has 0 fully saturated rings. The van der Waals surface area contributed by atoms with Crippen LogP contribution in [0.1, 0.15) is 18.1 Å². The molecule has 0 aliphatic rings. The lowest BCUT2D eigenvalue weighted by Crippen LogP contribution is -2.05. The van der Waals surface area contributed by atoms with Crippen molar-refractivity contribution in [3.63, 3.8) is 0 Å². The van der Waals surface area contributed by atoms with Crippen LogP contribution < -0.4 is 5.32 Å². The average Bonchev–Trinajstić information content (AvgIpc) is 2.59. The largest absolute Gasteiger partial charge is 0.326 e. The highest BCUT2D eigenvalue weighted by Gasteiger charge is 1.93. The Morgan fingerprint density at radius 3 is 1.75 bits per heavy atom. The summed E-state index contributed by atoms with van der Waals surface area (Å²) in [6.07, 6.45) is 0. The van der Waals surface area contributed by atoms with E-state index in [0.717, 1.165) is 16.8 Å². The molecule has 2 aromatic rings. The molecule has 0 aliphatic heterocycles. The third-order valence-electron chi connectivity index (χ3n) is 2.71. The van der Waals surface area contributed by atoms with Crippen LogP contribution in [0.25, 0.3) is 0 Å². The fraction of sp³-hybridized carbons (Fsp3) is 0.0455. The Hall–Kier alpha value is -3.85. The van der Waals surface area contributed by atoms with Gasteiger partial charge >= 0.3 is 0 Å². The van der Waals surface area contributed by atoms with E-state index in [1.807, 2.05) is 42.5 Å². The molecule has 112 valence electrons. The summed E-state index contributed by atoms with van der Waals surface area (Å²) in [5.41, 5.74) is 2.47. The van der Waals surface area contributed by atoms with Crippen LogP contribution in [0.5, 0.6) is 0 Å². The van der Waals surface area contributed by atoms with Crippen molar-refractivity contribution < 1.29 is 4.79 Å². The minimum absolute atomic E-state index is 0.103. The van der Waals surface area contributed by atoms with Gasteiger partial charge in [0.2, 0.25) is 5.91 Å². The standard InChI is InChI=1S/C22H13NO/c1-19(24)23-22-17-15-21(16-18-22)14-8-5-3-2-4-7-11-20-12-9-6-10-13-20/h6,9-10,12-13,15-18H,1H3,(H,23,24). The van der Waals surface area contributed by atoms with Crippen molar-refractivity contribution in [2.45, 2.75) is 6.92 Å². The monoisotopic (exact) mass is 307 g/mol. The molecule has 0 saturated heterocycles. The number of benzene rings is 2. The zero-order valence-electron chi connectivity index (χ0n) is 13.1. The van der Waals surface area contributed by atoms with Crippen molar-refractivity contribution in [1.82, 2.24) is 0 Å². The molecule has 1 amide bonds. The van der Waals surface area contributed by atoms with E-state index in [-0.39, 0.29) is 5.91 Å². The molecule has 1 N–H and O–H groups in total. The smallest absolute Gasteiger partial charge is 0.221 e. The predicted molar refractivity (Wildman–Crippen MR) is 96.5 cm³/mol. The zero-order chi connectivity index (χ0) is 17.0. The Kier molecular flexibility index (Phi) is 6.35. The Labute approximate surface area is 142 Å². The topological polar surface area (TPSA) is 29.1 Å². The van der Waals surface area contributed by atoms with Gasteiger partial charge in [0.05, 0.1) is 0 Å². The Balaban J connectivity index is 1.91. The van der Waals surface area contributed by atoms with Crippen LogP contribution in [0.2, 0.25) is 0 Å². The minimum atomic E-state index is -0.103. The maximum Gasteiger partial charge on any atom is 0.221 e. The van der Waals surface area contributed by atoms with E-state index in [1.54, 1.807) is 12.1 Å². The average molecular weight is 307 g/mol. The molecule has 0 unspecified atom stereocenters. The first-order chi connectivity index (χ1) is 11.7. The van der Waals surface area contributed by atoms with Crippen LogP contribution >= 0.6 is 0 Å². The van der Waals surface area contributed by atoms with E-state index < -0.39 is 0 Å². The van der Waals surface area contributed by atoms with Crippen molar-refractivity contribution >= 4 is 11.6 Å². The van der Waals surface area contributed by atoms with Gasteiger partial charge in [-0.2, -0.15) is 0 Å². The van der Waals surface area contributed by atoms with Gasteiger partial charge in [0.25, 0.3) is 0 Å². The van der Waals surface area contributed by atoms with Crippen LogP contribution in [0, 0.1) is 47.4 Å². The zero-order valence-corrected chi connectivity index (χ0v) is 13.1. The number of carbonyl (C=O) groups excluding carboxylic acids is 1. The van der Waals surface area contributed by atoms with Crippen molar-refractivity contribution in [3.8, 4) is 47.4 Å².